The van der Waals surface area contributed by atoms with Gasteiger partial charge in [-0.25, -0.2) is 9.78 Å². The van der Waals surface area contributed by atoms with Crippen molar-refractivity contribution in [2.24, 2.45) is 0 Å². The zero-order chi connectivity index (χ0) is 14.7. The van der Waals surface area contributed by atoms with Crippen molar-refractivity contribution in [2.75, 3.05) is 38.1 Å². The summed E-state index contributed by atoms with van der Waals surface area (Å²) in [6, 6.07) is 4.27. The van der Waals surface area contributed by atoms with Crippen molar-refractivity contribution in [3.63, 3.8) is 0 Å². The van der Waals surface area contributed by atoms with E-state index < -0.39 is 0 Å². The van der Waals surface area contributed by atoms with E-state index in [1.165, 1.54) is 0 Å². The molecule has 1 saturated carbocycles. The van der Waals surface area contributed by atoms with E-state index in [4.69, 9.17) is 0 Å². The van der Waals surface area contributed by atoms with E-state index in [0.29, 0.717) is 12.6 Å². The molecule has 0 unspecified atom stereocenters. The van der Waals surface area contributed by atoms with Gasteiger partial charge in [-0.3, -0.25) is 0 Å². The SMILES string of the molecule is CN1CCN(c2ncccc2CNC(=O)NC2CC2)CC1. The summed E-state index contributed by atoms with van der Waals surface area (Å²) in [5, 5.41) is 5.87. The highest BCUT2D eigenvalue weighted by Crippen LogP contribution is 2.19. The maximum Gasteiger partial charge on any atom is 0.315 e. The van der Waals surface area contributed by atoms with E-state index in [9.17, 15) is 4.79 Å². The Balaban J connectivity index is 1.60. The lowest BCUT2D eigenvalue weighted by molar-refractivity contribution is 0.240. The van der Waals surface area contributed by atoms with Crippen LogP contribution in [-0.2, 0) is 6.54 Å². The first-order valence-electron chi connectivity index (χ1n) is 7.64. The fourth-order valence-electron chi connectivity index (χ4n) is 2.51. The third kappa shape index (κ3) is 3.85. The summed E-state index contributed by atoms with van der Waals surface area (Å²) in [5.41, 5.74) is 1.08. The Labute approximate surface area is 125 Å². The summed E-state index contributed by atoms with van der Waals surface area (Å²) < 4.78 is 0. The van der Waals surface area contributed by atoms with Gasteiger partial charge in [0.25, 0.3) is 0 Å². The second kappa shape index (κ2) is 6.30. The summed E-state index contributed by atoms with van der Waals surface area (Å²) >= 11 is 0. The topological polar surface area (TPSA) is 60.5 Å². The van der Waals surface area contributed by atoms with Crippen LogP contribution in [0.4, 0.5) is 10.6 Å². The van der Waals surface area contributed by atoms with Crippen LogP contribution in [0.1, 0.15) is 18.4 Å². The molecule has 3 rings (SSSR count). The highest BCUT2D eigenvalue weighted by molar-refractivity contribution is 5.74. The van der Waals surface area contributed by atoms with Crippen molar-refractivity contribution in [1.29, 1.82) is 0 Å². The molecule has 0 spiro atoms. The highest BCUT2D eigenvalue weighted by Gasteiger charge is 2.23. The van der Waals surface area contributed by atoms with E-state index in [1.807, 2.05) is 18.3 Å². The number of rotatable bonds is 4. The number of amides is 2. The van der Waals surface area contributed by atoms with Crippen LogP contribution in [0.25, 0.3) is 0 Å². The summed E-state index contributed by atoms with van der Waals surface area (Å²) in [4.78, 5) is 20.9. The number of urea groups is 1. The third-order valence-electron chi connectivity index (χ3n) is 4.02. The lowest BCUT2D eigenvalue weighted by atomic mass is 10.2. The zero-order valence-electron chi connectivity index (χ0n) is 12.5. The first kappa shape index (κ1) is 14.1. The average molecular weight is 289 g/mol. The first-order chi connectivity index (χ1) is 10.2. The van der Waals surface area contributed by atoms with Gasteiger partial charge in [-0.15, -0.1) is 0 Å². The smallest absolute Gasteiger partial charge is 0.315 e. The lowest BCUT2D eigenvalue weighted by Gasteiger charge is -2.34. The van der Waals surface area contributed by atoms with Gasteiger partial charge in [0, 0.05) is 50.5 Å². The predicted molar refractivity (Wildman–Crippen MR) is 82.3 cm³/mol. The minimum absolute atomic E-state index is 0.0781. The number of carbonyl (C=O) groups excluding carboxylic acids is 1. The van der Waals surface area contributed by atoms with Gasteiger partial charge in [0.1, 0.15) is 5.82 Å². The number of pyridine rings is 1. The molecule has 0 atom stereocenters. The number of nitrogens with zero attached hydrogens (tertiary/aromatic N) is 3. The molecule has 1 aliphatic carbocycles. The van der Waals surface area contributed by atoms with Crippen molar-refractivity contribution in [3.05, 3.63) is 23.9 Å². The number of hydrogen-bond donors (Lipinski definition) is 2. The second-order valence-corrected chi connectivity index (χ2v) is 5.88. The minimum atomic E-state index is -0.0781. The third-order valence-corrected chi connectivity index (χ3v) is 4.02. The second-order valence-electron chi connectivity index (χ2n) is 5.88. The Hall–Kier alpha value is -1.82. The first-order valence-corrected chi connectivity index (χ1v) is 7.64. The molecule has 2 N–H and O–H groups in total. The Bertz CT molecular complexity index is 495. The summed E-state index contributed by atoms with van der Waals surface area (Å²) in [5.74, 6) is 0.998. The van der Waals surface area contributed by atoms with Gasteiger partial charge in [0.2, 0.25) is 0 Å². The Morgan fingerprint density at radius 3 is 2.81 bits per heavy atom. The van der Waals surface area contributed by atoms with Crippen molar-refractivity contribution >= 4 is 11.8 Å². The van der Waals surface area contributed by atoms with Crippen LogP contribution in [0.3, 0.4) is 0 Å². The predicted octanol–water partition coefficient (Wildman–Crippen LogP) is 0.795. The Kier molecular flexibility index (Phi) is 4.24. The van der Waals surface area contributed by atoms with Crippen molar-refractivity contribution < 1.29 is 4.79 Å². The van der Waals surface area contributed by atoms with Crippen LogP contribution in [0.5, 0.6) is 0 Å². The number of likely N-dealkylation sites (N-methyl/N-ethyl adjacent to an activating group) is 1. The molecule has 1 aromatic rings. The normalized spacial score (nSPS) is 19.4. The Morgan fingerprint density at radius 2 is 2.10 bits per heavy atom. The molecule has 6 heteroatoms. The van der Waals surface area contributed by atoms with Gasteiger partial charge in [-0.2, -0.15) is 0 Å². The molecule has 1 aromatic heterocycles. The monoisotopic (exact) mass is 289 g/mol. The van der Waals surface area contributed by atoms with Crippen LogP contribution in [0.15, 0.2) is 18.3 Å². The molecule has 0 bridgehead atoms. The molecule has 2 amide bonds. The maximum absolute atomic E-state index is 11.7. The van der Waals surface area contributed by atoms with Gasteiger partial charge in [0.05, 0.1) is 0 Å². The van der Waals surface area contributed by atoms with Crippen molar-refractivity contribution in [2.45, 2.75) is 25.4 Å². The van der Waals surface area contributed by atoms with E-state index >= 15 is 0 Å². The van der Waals surface area contributed by atoms with E-state index in [-0.39, 0.29) is 6.03 Å². The molecule has 2 heterocycles. The number of nitrogens with one attached hydrogen (secondary N) is 2. The van der Waals surface area contributed by atoms with Crippen LogP contribution in [0.2, 0.25) is 0 Å². The van der Waals surface area contributed by atoms with Gasteiger partial charge < -0.3 is 20.4 Å². The summed E-state index contributed by atoms with van der Waals surface area (Å²) in [6.45, 7) is 4.58. The molecule has 6 nitrogen and oxygen atoms in total. The molecular weight excluding hydrogens is 266 g/mol. The largest absolute Gasteiger partial charge is 0.354 e. The van der Waals surface area contributed by atoms with Gasteiger partial charge in [-0.05, 0) is 26.0 Å². The number of carbonyl (C=O) groups is 1. The fourth-order valence-corrected chi connectivity index (χ4v) is 2.51. The number of hydrogen-bond acceptors (Lipinski definition) is 4. The van der Waals surface area contributed by atoms with Crippen LogP contribution in [0, 0.1) is 0 Å². The standard InChI is InChI=1S/C15H23N5O/c1-19-7-9-20(10-8-19)14-12(3-2-6-16-14)11-17-15(21)18-13-4-5-13/h2-3,6,13H,4-5,7-11H2,1H3,(H2,17,18,21). The molecule has 0 radical (unpaired) electrons. The number of aromatic nitrogens is 1. The molecule has 1 saturated heterocycles. The molecular formula is C15H23N5O. The van der Waals surface area contributed by atoms with Crippen LogP contribution in [-0.4, -0.2) is 55.2 Å². The summed E-state index contributed by atoms with van der Waals surface area (Å²) in [6.07, 6.45) is 4.03. The quantitative estimate of drug-likeness (QED) is 0.860. The van der Waals surface area contributed by atoms with Gasteiger partial charge in [0.15, 0.2) is 0 Å². The molecule has 2 aliphatic rings. The van der Waals surface area contributed by atoms with E-state index in [1.54, 1.807) is 0 Å². The Morgan fingerprint density at radius 1 is 1.33 bits per heavy atom. The maximum atomic E-state index is 11.7. The van der Waals surface area contributed by atoms with Crippen LogP contribution < -0.4 is 15.5 Å². The summed E-state index contributed by atoms with van der Waals surface area (Å²) in [7, 11) is 2.14. The molecule has 21 heavy (non-hydrogen) atoms. The molecule has 1 aliphatic heterocycles. The van der Waals surface area contributed by atoms with Crippen molar-refractivity contribution in [1.82, 2.24) is 20.5 Å². The highest BCUT2D eigenvalue weighted by atomic mass is 16.2. The van der Waals surface area contributed by atoms with E-state index in [2.05, 4.69) is 32.5 Å². The van der Waals surface area contributed by atoms with Gasteiger partial charge in [-0.1, -0.05) is 6.07 Å². The van der Waals surface area contributed by atoms with Crippen LogP contribution >= 0.6 is 0 Å². The van der Waals surface area contributed by atoms with Gasteiger partial charge >= 0.3 is 6.03 Å². The average Bonchev–Trinajstić information content (AvgIpc) is 3.30. The van der Waals surface area contributed by atoms with E-state index in [0.717, 1.165) is 50.4 Å². The zero-order valence-corrected chi connectivity index (χ0v) is 12.5. The molecule has 114 valence electrons. The number of anilines is 1. The molecule has 2 fully saturated rings. The molecule has 0 aromatic carbocycles. The fraction of sp³-hybridized carbons (Fsp3) is 0.600. The lowest BCUT2D eigenvalue weighted by Crippen LogP contribution is -2.45. The minimum Gasteiger partial charge on any atom is -0.354 e. The van der Waals surface area contributed by atoms with Crippen molar-refractivity contribution in [3.8, 4) is 0 Å². The number of piperazine rings is 1.